The van der Waals surface area contributed by atoms with Crippen LogP contribution in [-0.4, -0.2) is 24.2 Å². The van der Waals surface area contributed by atoms with Crippen LogP contribution in [0, 0.1) is 5.82 Å². The van der Waals surface area contributed by atoms with E-state index in [1.807, 2.05) is 37.3 Å². The van der Waals surface area contributed by atoms with E-state index in [4.69, 9.17) is 0 Å². The predicted octanol–water partition coefficient (Wildman–Crippen LogP) is 3.72. The summed E-state index contributed by atoms with van der Waals surface area (Å²) in [6.45, 7) is 4.03. The largest absolute Gasteiger partial charge is 0.392 e. The third-order valence-corrected chi connectivity index (χ3v) is 4.93. The van der Waals surface area contributed by atoms with Gasteiger partial charge in [-0.25, -0.2) is 9.38 Å². The summed E-state index contributed by atoms with van der Waals surface area (Å²) in [6, 6.07) is 14.6. The van der Waals surface area contributed by atoms with Gasteiger partial charge in [0.15, 0.2) is 5.96 Å². The summed E-state index contributed by atoms with van der Waals surface area (Å²) < 4.78 is 13.5. The Morgan fingerprint density at radius 3 is 2.48 bits per heavy atom. The lowest BCUT2D eigenvalue weighted by atomic mass is 9.96. The minimum absolute atomic E-state index is 0. The molecule has 0 aromatic heterocycles. The molecule has 4 nitrogen and oxygen atoms in total. The van der Waals surface area contributed by atoms with Crippen molar-refractivity contribution in [3.63, 3.8) is 0 Å². The first-order valence-corrected chi connectivity index (χ1v) is 9.13. The molecule has 6 heteroatoms. The monoisotopic (exact) mass is 483 g/mol. The Balaban J connectivity index is 0.00000261. The molecule has 0 heterocycles. The molecule has 1 aliphatic carbocycles. The van der Waals surface area contributed by atoms with Crippen molar-refractivity contribution in [3.05, 3.63) is 71.0 Å². The second kappa shape index (κ2) is 10.0. The van der Waals surface area contributed by atoms with E-state index in [1.165, 1.54) is 6.07 Å². The summed E-state index contributed by atoms with van der Waals surface area (Å²) in [5, 5.41) is 16.1. The summed E-state index contributed by atoms with van der Waals surface area (Å²) >= 11 is 0. The van der Waals surface area contributed by atoms with Gasteiger partial charge in [-0.3, -0.25) is 0 Å². The first kappa shape index (κ1) is 21.6. The van der Waals surface area contributed by atoms with Crippen molar-refractivity contribution in [2.45, 2.75) is 38.3 Å². The van der Waals surface area contributed by atoms with Crippen LogP contribution in [0.25, 0.3) is 0 Å². The molecule has 0 atom stereocenters. The highest BCUT2D eigenvalue weighted by Gasteiger charge is 2.44. The number of halogens is 2. The van der Waals surface area contributed by atoms with Gasteiger partial charge >= 0.3 is 0 Å². The van der Waals surface area contributed by atoms with Crippen molar-refractivity contribution < 1.29 is 9.50 Å². The number of hydrogen-bond acceptors (Lipinski definition) is 2. The van der Waals surface area contributed by atoms with Gasteiger partial charge in [-0.15, -0.1) is 24.0 Å². The van der Waals surface area contributed by atoms with E-state index in [1.54, 1.807) is 12.1 Å². The molecule has 1 aliphatic rings. The number of aliphatic hydroxyl groups is 1. The Morgan fingerprint density at radius 1 is 1.11 bits per heavy atom. The lowest BCUT2D eigenvalue weighted by molar-refractivity contribution is 0.280. The van der Waals surface area contributed by atoms with Gasteiger partial charge in [-0.05, 0) is 48.6 Å². The summed E-state index contributed by atoms with van der Waals surface area (Å²) in [5.74, 6) is 0.554. The van der Waals surface area contributed by atoms with Gasteiger partial charge in [0, 0.05) is 18.5 Å². The molecule has 2 aromatic carbocycles. The van der Waals surface area contributed by atoms with Crippen molar-refractivity contribution in [1.29, 1.82) is 0 Å². The van der Waals surface area contributed by atoms with Gasteiger partial charge < -0.3 is 15.7 Å². The lowest BCUT2D eigenvalue weighted by Gasteiger charge is -2.19. The maximum absolute atomic E-state index is 13.5. The van der Waals surface area contributed by atoms with Gasteiger partial charge in [0.25, 0.3) is 0 Å². The average Bonchev–Trinajstić information content (AvgIpc) is 3.45. The minimum Gasteiger partial charge on any atom is -0.392 e. The molecule has 3 rings (SSSR count). The van der Waals surface area contributed by atoms with E-state index in [0.29, 0.717) is 6.54 Å². The topological polar surface area (TPSA) is 56.7 Å². The number of hydrogen-bond donors (Lipinski definition) is 3. The van der Waals surface area contributed by atoms with E-state index in [0.717, 1.165) is 48.6 Å². The van der Waals surface area contributed by atoms with Crippen molar-refractivity contribution in [1.82, 2.24) is 10.6 Å². The average molecular weight is 483 g/mol. The van der Waals surface area contributed by atoms with Crippen LogP contribution in [0.2, 0.25) is 0 Å². The van der Waals surface area contributed by atoms with Crippen LogP contribution in [0.3, 0.4) is 0 Å². The van der Waals surface area contributed by atoms with E-state index in [-0.39, 0.29) is 41.8 Å². The highest BCUT2D eigenvalue weighted by Crippen LogP contribution is 2.47. The summed E-state index contributed by atoms with van der Waals surface area (Å²) in [6.07, 6.45) is 2.10. The molecular formula is C21H27FIN3O. The molecule has 146 valence electrons. The molecule has 0 saturated heterocycles. The molecule has 0 unspecified atom stereocenters. The van der Waals surface area contributed by atoms with Gasteiger partial charge in [0.05, 0.1) is 13.2 Å². The second-order valence-electron chi connectivity index (χ2n) is 6.77. The van der Waals surface area contributed by atoms with Gasteiger partial charge in [-0.1, -0.05) is 36.4 Å². The third-order valence-electron chi connectivity index (χ3n) is 4.93. The quantitative estimate of drug-likeness (QED) is 0.320. The van der Waals surface area contributed by atoms with Crippen LogP contribution in [0.5, 0.6) is 0 Å². The van der Waals surface area contributed by atoms with Gasteiger partial charge in [0.2, 0.25) is 0 Å². The number of benzene rings is 2. The fourth-order valence-electron chi connectivity index (χ4n) is 3.16. The molecule has 0 spiro atoms. The Kier molecular flexibility index (Phi) is 8.04. The van der Waals surface area contributed by atoms with Gasteiger partial charge in [0.1, 0.15) is 5.82 Å². The molecule has 1 saturated carbocycles. The Labute approximate surface area is 177 Å². The van der Waals surface area contributed by atoms with E-state index in [2.05, 4.69) is 15.6 Å². The highest BCUT2D eigenvalue weighted by atomic mass is 127. The molecule has 1 fully saturated rings. The normalized spacial score (nSPS) is 15.0. The number of guanidine groups is 1. The zero-order chi connectivity index (χ0) is 18.4. The van der Waals surface area contributed by atoms with Crippen LogP contribution in [0.15, 0.2) is 53.5 Å². The van der Waals surface area contributed by atoms with Crippen LogP contribution in [0.4, 0.5) is 4.39 Å². The third kappa shape index (κ3) is 5.65. The first-order chi connectivity index (χ1) is 12.7. The summed E-state index contributed by atoms with van der Waals surface area (Å²) in [7, 11) is 0. The molecule has 0 amide bonds. The smallest absolute Gasteiger partial charge is 0.191 e. The molecule has 27 heavy (non-hydrogen) atoms. The van der Waals surface area contributed by atoms with Crippen LogP contribution in [-0.2, 0) is 18.6 Å². The van der Waals surface area contributed by atoms with Crippen molar-refractivity contribution >= 4 is 29.9 Å². The zero-order valence-electron chi connectivity index (χ0n) is 15.5. The maximum atomic E-state index is 13.5. The van der Waals surface area contributed by atoms with E-state index < -0.39 is 0 Å². The number of rotatable bonds is 7. The molecule has 2 aromatic rings. The maximum Gasteiger partial charge on any atom is 0.191 e. The van der Waals surface area contributed by atoms with Crippen LogP contribution < -0.4 is 10.6 Å². The lowest BCUT2D eigenvalue weighted by Crippen LogP contribution is -2.41. The molecule has 0 radical (unpaired) electrons. The molecule has 0 bridgehead atoms. The summed E-state index contributed by atoms with van der Waals surface area (Å²) in [4.78, 5) is 4.64. The first-order valence-electron chi connectivity index (χ1n) is 9.13. The molecular weight excluding hydrogens is 456 g/mol. The fourth-order valence-corrected chi connectivity index (χ4v) is 3.16. The zero-order valence-corrected chi connectivity index (χ0v) is 17.9. The summed E-state index contributed by atoms with van der Waals surface area (Å²) in [5.41, 5.74) is 2.96. The van der Waals surface area contributed by atoms with E-state index in [9.17, 15) is 9.50 Å². The number of aliphatic hydroxyl groups excluding tert-OH is 1. The Hall–Kier alpha value is -1.67. The molecule has 3 N–H and O–H groups in total. The minimum atomic E-state index is -0.185. The standard InChI is InChI=1S/C21H26FN3O.HI/c1-2-23-20(24-13-16-6-3-4-7-17(16)14-26)25-15-21(10-11-21)18-8-5-9-19(22)12-18;/h3-9,12,26H,2,10-11,13-15H2,1H3,(H2,23,24,25);1H. The second-order valence-corrected chi connectivity index (χ2v) is 6.77. The van der Waals surface area contributed by atoms with Crippen molar-refractivity contribution in [3.8, 4) is 0 Å². The molecule has 0 aliphatic heterocycles. The van der Waals surface area contributed by atoms with E-state index >= 15 is 0 Å². The predicted molar refractivity (Wildman–Crippen MR) is 118 cm³/mol. The Bertz CT molecular complexity index is 778. The van der Waals surface area contributed by atoms with Crippen molar-refractivity contribution in [2.75, 3.05) is 13.1 Å². The van der Waals surface area contributed by atoms with Crippen LogP contribution >= 0.6 is 24.0 Å². The Morgan fingerprint density at radius 2 is 1.85 bits per heavy atom. The van der Waals surface area contributed by atoms with Crippen molar-refractivity contribution in [2.24, 2.45) is 4.99 Å². The van der Waals surface area contributed by atoms with Gasteiger partial charge in [-0.2, -0.15) is 0 Å². The highest BCUT2D eigenvalue weighted by molar-refractivity contribution is 14.0. The van der Waals surface area contributed by atoms with Crippen LogP contribution in [0.1, 0.15) is 36.5 Å². The number of aliphatic imine (C=N–C) groups is 1. The fraction of sp³-hybridized carbons (Fsp3) is 0.381. The number of nitrogens with one attached hydrogen (secondary N) is 2. The SMILES string of the molecule is CCNC(=NCc1ccccc1CO)NCC1(c2cccc(F)c2)CC1.I. The number of nitrogens with zero attached hydrogens (tertiary/aromatic N) is 1.